The number of fused-ring (bicyclic) bond motifs is 2. The normalized spacial score (nSPS) is 11.7. The number of aliphatic hydroxyl groups excluding tert-OH is 1. The molecule has 0 saturated carbocycles. The zero-order valence-electron chi connectivity index (χ0n) is 38.2. The summed E-state index contributed by atoms with van der Waals surface area (Å²) in [5.74, 6) is 0.980. The van der Waals surface area contributed by atoms with Crippen molar-refractivity contribution in [3.8, 4) is 22.6 Å². The van der Waals surface area contributed by atoms with E-state index < -0.39 is 25.0 Å². The summed E-state index contributed by atoms with van der Waals surface area (Å²) < 4.78 is 22.2. The number of nitrogens with one attached hydrogen (secondary N) is 1. The van der Waals surface area contributed by atoms with Crippen LogP contribution in [0.3, 0.4) is 0 Å². The molecule has 0 aliphatic heterocycles. The highest BCUT2D eigenvalue weighted by molar-refractivity contribution is 6.76. The zero-order chi connectivity index (χ0) is 48.7. The molecule has 0 spiro atoms. The Bertz CT molecular complexity index is 3290. The number of rotatable bonds is 17. The van der Waals surface area contributed by atoms with Crippen LogP contribution in [-0.2, 0) is 37.4 Å². The van der Waals surface area contributed by atoms with Crippen LogP contribution in [0.15, 0.2) is 125 Å². The third-order valence-corrected chi connectivity index (χ3v) is 14.0. The third-order valence-electron chi connectivity index (χ3n) is 11.3. The van der Waals surface area contributed by atoms with Crippen molar-refractivity contribution < 1.29 is 18.7 Å². The highest BCUT2D eigenvalue weighted by Crippen LogP contribution is 2.36. The van der Waals surface area contributed by atoms with Crippen molar-refractivity contribution in [3.63, 3.8) is 0 Å². The number of nitrogens with zero attached hydrogens (tertiary/aromatic N) is 3. The van der Waals surface area contributed by atoms with E-state index in [1.54, 1.807) is 42.5 Å². The number of furan rings is 2. The second kappa shape index (κ2) is 22.4. The van der Waals surface area contributed by atoms with Crippen LogP contribution in [0.1, 0.15) is 48.4 Å². The summed E-state index contributed by atoms with van der Waals surface area (Å²) in [4.78, 5) is 55.7. The summed E-state index contributed by atoms with van der Waals surface area (Å²) in [6.45, 7) is 9.72. The summed E-state index contributed by atoms with van der Waals surface area (Å²) in [6.07, 6.45) is 2.67. The predicted molar refractivity (Wildman–Crippen MR) is 276 cm³/mol. The second-order valence-corrected chi connectivity index (χ2v) is 25.0. The molecule has 0 aliphatic carbocycles. The molecule has 0 radical (unpaired) electrons. The number of aromatic amines is 1. The lowest BCUT2D eigenvalue weighted by atomic mass is 9.99. The predicted octanol–water partition coefficient (Wildman–Crippen LogP) is 11.7. The number of hydrogen-bond donors (Lipinski definition) is 2. The monoisotopic (exact) mass is 1020 g/mol. The minimum Gasteiger partial charge on any atom is -0.439 e. The van der Waals surface area contributed by atoms with Gasteiger partial charge in [0.25, 0.3) is 11.1 Å². The number of halogens is 4. The maximum absolute atomic E-state index is 13.9. The zero-order valence-corrected chi connectivity index (χ0v) is 42.2. The van der Waals surface area contributed by atoms with E-state index in [0.717, 1.165) is 33.7 Å². The Morgan fingerprint density at radius 3 is 1.71 bits per heavy atom. The lowest BCUT2D eigenvalue weighted by Crippen LogP contribution is -2.40. The van der Waals surface area contributed by atoms with E-state index in [9.17, 15) is 19.2 Å². The molecule has 0 fully saturated rings. The fourth-order valence-electron chi connectivity index (χ4n) is 7.76. The van der Waals surface area contributed by atoms with Gasteiger partial charge in [0.05, 0.1) is 0 Å². The van der Waals surface area contributed by atoms with Crippen molar-refractivity contribution in [1.29, 1.82) is 0 Å². The molecular formula is C51H52Cl4N4O8Si. The second-order valence-electron chi connectivity index (χ2n) is 17.7. The van der Waals surface area contributed by atoms with Gasteiger partial charge in [0, 0.05) is 89.6 Å². The van der Waals surface area contributed by atoms with Crippen LogP contribution >= 0.6 is 46.4 Å². The molecule has 356 valence electrons. The molecule has 0 amide bonds. The van der Waals surface area contributed by atoms with E-state index >= 15 is 0 Å². The molecule has 0 atom stereocenters. The number of ether oxygens (including phenoxy) is 1. The van der Waals surface area contributed by atoms with E-state index in [2.05, 4.69) is 24.6 Å². The third kappa shape index (κ3) is 11.9. The Kier molecular flexibility index (Phi) is 16.6. The summed E-state index contributed by atoms with van der Waals surface area (Å²) in [5.41, 5.74) is 3.20. The maximum atomic E-state index is 13.9. The van der Waals surface area contributed by atoms with Gasteiger partial charge < -0.3 is 18.7 Å². The van der Waals surface area contributed by atoms with Gasteiger partial charge in [0.15, 0.2) is 0 Å². The van der Waals surface area contributed by atoms with Gasteiger partial charge in [-0.15, -0.1) is 0 Å². The highest BCUT2D eigenvalue weighted by Gasteiger charge is 2.26. The fourth-order valence-corrected chi connectivity index (χ4v) is 9.15. The first-order valence-electron chi connectivity index (χ1n) is 22.3. The van der Waals surface area contributed by atoms with E-state index in [4.69, 9.17) is 65.1 Å². The lowest BCUT2D eigenvalue weighted by molar-refractivity contribution is 0.0837. The number of benzene rings is 4. The summed E-state index contributed by atoms with van der Waals surface area (Å²) in [7, 11) is -1.31. The first-order chi connectivity index (χ1) is 32.6. The minimum atomic E-state index is -1.31. The van der Waals surface area contributed by atoms with Crippen molar-refractivity contribution in [2.24, 2.45) is 0 Å². The van der Waals surface area contributed by atoms with E-state index in [-0.39, 0.29) is 36.9 Å². The average molecular weight is 1020 g/mol. The van der Waals surface area contributed by atoms with Crippen LogP contribution in [0.25, 0.3) is 44.8 Å². The van der Waals surface area contributed by atoms with Gasteiger partial charge in [0.2, 0.25) is 11.4 Å². The van der Waals surface area contributed by atoms with Gasteiger partial charge in [-0.2, -0.15) is 0 Å². The smallest absolute Gasteiger partial charge is 0.335 e. The Morgan fingerprint density at radius 1 is 0.647 bits per heavy atom. The van der Waals surface area contributed by atoms with Crippen LogP contribution in [-0.4, -0.2) is 45.1 Å². The molecule has 0 unspecified atom stereocenters. The topological polar surface area (TPSA) is 155 Å². The van der Waals surface area contributed by atoms with Gasteiger partial charge >= 0.3 is 11.4 Å². The molecule has 4 aromatic heterocycles. The standard InChI is InChI=1S/C29H34Cl2N2O4Si.C22H18Cl2N2O4/c1-5-6-14-32-27(34)25-24(17-20-10-12-22(30)13-11-20)26(21-8-7-9-23(31)18-21)37-28(25)33(29(32)35)19-36-15-16-38(2,3)4;23-15-7-5-13(6-8-15)11-17-18-20(25-22(29)26(21(18)28)9-2-10-27)30-19(17)14-3-1-4-16(24)12-14/h7-13,18H,5-6,14-17,19H2,1-4H3;1,3-8,12,27H,2,9-11H2,(H,25,29). The number of hydrogen-bond acceptors (Lipinski definition) is 8. The quantitative estimate of drug-likeness (QED) is 0.0675. The lowest BCUT2D eigenvalue weighted by Gasteiger charge is -2.16. The molecule has 8 aromatic rings. The minimum absolute atomic E-state index is 0.00903. The highest BCUT2D eigenvalue weighted by atomic mass is 35.5. The Morgan fingerprint density at radius 2 is 1.18 bits per heavy atom. The maximum Gasteiger partial charge on any atom is 0.335 e. The van der Waals surface area contributed by atoms with E-state index in [1.807, 2.05) is 61.5 Å². The average Bonchev–Trinajstić information content (AvgIpc) is 3.85. The van der Waals surface area contributed by atoms with Gasteiger partial charge in [-0.1, -0.05) is 128 Å². The van der Waals surface area contributed by atoms with Crippen LogP contribution in [0.2, 0.25) is 45.8 Å². The Hall–Kier alpha value is -5.38. The first-order valence-corrected chi connectivity index (χ1v) is 27.6. The molecule has 2 N–H and O–H groups in total. The van der Waals surface area contributed by atoms with Gasteiger partial charge in [-0.05, 0) is 78.5 Å². The van der Waals surface area contributed by atoms with Crippen molar-refractivity contribution in [1.82, 2.24) is 18.7 Å². The summed E-state index contributed by atoms with van der Waals surface area (Å²) in [6, 6.07) is 30.2. The largest absolute Gasteiger partial charge is 0.439 e. The van der Waals surface area contributed by atoms with Gasteiger partial charge in [-0.3, -0.25) is 23.7 Å². The molecule has 4 heterocycles. The van der Waals surface area contributed by atoms with Crippen molar-refractivity contribution in [3.05, 3.63) is 181 Å². The molecule has 0 saturated heterocycles. The molecule has 12 nitrogen and oxygen atoms in total. The molecule has 0 bridgehead atoms. The molecular weight excluding hydrogens is 966 g/mol. The Balaban J connectivity index is 0.000000207. The summed E-state index contributed by atoms with van der Waals surface area (Å²) >= 11 is 24.6. The van der Waals surface area contributed by atoms with Gasteiger partial charge in [-0.25, -0.2) is 14.2 Å². The number of aliphatic hydroxyl groups is 1. The molecule has 8 rings (SSSR count). The Labute approximate surface area is 413 Å². The number of unbranched alkanes of at least 4 members (excludes halogenated alkanes) is 1. The van der Waals surface area contributed by atoms with Crippen LogP contribution in [0.4, 0.5) is 0 Å². The molecule has 0 aliphatic rings. The number of H-pyrrole nitrogens is 1. The number of aromatic nitrogens is 4. The van der Waals surface area contributed by atoms with Crippen LogP contribution in [0, 0.1) is 0 Å². The SMILES string of the molecule is CCCCn1c(=O)c2c(Cc3ccc(Cl)cc3)c(-c3cccc(Cl)c3)oc2n(COCC[Si](C)(C)C)c1=O.O=c1[nH]c2oc(-c3cccc(Cl)c3)c(Cc3ccc(Cl)cc3)c2c(=O)n1CCCO. The van der Waals surface area contributed by atoms with Crippen LogP contribution in [0.5, 0.6) is 0 Å². The van der Waals surface area contributed by atoms with Gasteiger partial charge in [0.1, 0.15) is 29.0 Å². The molecule has 4 aromatic carbocycles. The molecule has 68 heavy (non-hydrogen) atoms. The first kappa shape index (κ1) is 50.5. The fraction of sp³-hybridized carbons (Fsp3) is 0.294. The van der Waals surface area contributed by atoms with E-state index in [1.165, 1.54) is 9.13 Å². The van der Waals surface area contributed by atoms with Crippen molar-refractivity contribution >= 4 is 76.7 Å². The van der Waals surface area contributed by atoms with Crippen molar-refractivity contribution in [2.45, 2.75) is 84.5 Å². The van der Waals surface area contributed by atoms with Crippen LogP contribution < -0.4 is 22.5 Å². The van der Waals surface area contributed by atoms with Crippen molar-refractivity contribution in [2.75, 3.05) is 13.2 Å². The van der Waals surface area contributed by atoms with E-state index in [0.29, 0.717) is 97.9 Å². The molecule has 17 heteroatoms. The summed E-state index contributed by atoms with van der Waals surface area (Å²) in [5, 5.41) is 12.1.